The lowest BCUT2D eigenvalue weighted by Crippen LogP contribution is -2.17. The topological polar surface area (TPSA) is 108 Å². The molecule has 0 radical (unpaired) electrons. The van der Waals surface area contributed by atoms with Crippen LogP contribution in [0.1, 0.15) is 64.7 Å². The summed E-state index contributed by atoms with van der Waals surface area (Å²) in [6.07, 6.45) is 10.1. The minimum Gasteiger partial charge on any atom is -0.463 e. The first kappa shape index (κ1) is 20.6. The molecular weight excluding hydrogens is 358 g/mol. The number of aromatic nitrogens is 4. The average Bonchev–Trinajstić information content (AvgIpc) is 3.02. The Hall–Kier alpha value is -2.09. The van der Waals surface area contributed by atoms with E-state index in [9.17, 15) is 4.79 Å². The van der Waals surface area contributed by atoms with Crippen molar-refractivity contribution in [3.05, 3.63) is 10.5 Å². The van der Waals surface area contributed by atoms with Crippen LogP contribution in [0.15, 0.2) is 4.79 Å². The molecule has 1 aliphatic rings. The maximum absolute atomic E-state index is 12.3. The van der Waals surface area contributed by atoms with E-state index in [4.69, 9.17) is 15.2 Å². The zero-order valence-corrected chi connectivity index (χ0v) is 16.9. The van der Waals surface area contributed by atoms with E-state index in [1.807, 2.05) is 0 Å². The van der Waals surface area contributed by atoms with E-state index in [0.29, 0.717) is 24.3 Å². The maximum atomic E-state index is 12.3. The molecule has 2 aromatic heterocycles. The van der Waals surface area contributed by atoms with Crippen LogP contribution in [0.5, 0.6) is 6.01 Å². The molecule has 1 fully saturated rings. The summed E-state index contributed by atoms with van der Waals surface area (Å²) in [7, 11) is 0. The van der Waals surface area contributed by atoms with Gasteiger partial charge in [0.15, 0.2) is 11.5 Å². The van der Waals surface area contributed by atoms with Crippen molar-refractivity contribution in [2.75, 3.05) is 25.6 Å². The van der Waals surface area contributed by atoms with Crippen molar-refractivity contribution in [3.8, 4) is 6.01 Å². The van der Waals surface area contributed by atoms with E-state index in [-0.39, 0.29) is 17.5 Å². The summed E-state index contributed by atoms with van der Waals surface area (Å²) in [5.41, 5.74) is 6.82. The predicted octanol–water partition coefficient (Wildman–Crippen LogP) is 3.26. The van der Waals surface area contributed by atoms with Gasteiger partial charge in [-0.25, -0.2) is 4.79 Å². The quantitative estimate of drug-likeness (QED) is 0.569. The fourth-order valence-corrected chi connectivity index (χ4v) is 3.70. The third-order valence-electron chi connectivity index (χ3n) is 5.44. The minimum absolute atomic E-state index is 0.191. The highest BCUT2D eigenvalue weighted by Crippen LogP contribution is 2.22. The summed E-state index contributed by atoms with van der Waals surface area (Å²) >= 11 is 0. The number of nitrogen functional groups attached to an aromatic ring is 1. The monoisotopic (exact) mass is 391 g/mol. The number of aromatic amines is 1. The predicted molar refractivity (Wildman–Crippen MR) is 110 cm³/mol. The number of fused-ring (bicyclic) bond motifs is 1. The van der Waals surface area contributed by atoms with E-state index in [1.165, 1.54) is 32.1 Å². The first-order valence-corrected chi connectivity index (χ1v) is 10.7. The molecule has 0 spiro atoms. The third-order valence-corrected chi connectivity index (χ3v) is 5.44. The molecule has 1 aliphatic heterocycles. The Bertz CT molecular complexity index is 795. The lowest BCUT2D eigenvalue weighted by Gasteiger charge is -2.21. The van der Waals surface area contributed by atoms with Crippen molar-refractivity contribution < 1.29 is 9.47 Å². The SMILES string of the molecule is CCCCOc1nc(N)c2[nH]c(=O)n(CCCCCCC3CCOCC3)c2n1. The highest BCUT2D eigenvalue weighted by molar-refractivity contribution is 5.81. The van der Waals surface area contributed by atoms with E-state index < -0.39 is 0 Å². The van der Waals surface area contributed by atoms with Crippen molar-refractivity contribution in [3.63, 3.8) is 0 Å². The van der Waals surface area contributed by atoms with Crippen molar-refractivity contribution in [1.29, 1.82) is 0 Å². The first-order chi connectivity index (χ1) is 13.7. The second-order valence-corrected chi connectivity index (χ2v) is 7.63. The molecule has 0 amide bonds. The summed E-state index contributed by atoms with van der Waals surface area (Å²) in [6.45, 7) is 5.10. The number of nitrogens with two attached hydrogens (primary N) is 1. The molecule has 3 rings (SSSR count). The number of nitrogens with one attached hydrogen (secondary N) is 1. The highest BCUT2D eigenvalue weighted by Gasteiger charge is 2.15. The number of hydrogen-bond donors (Lipinski definition) is 2. The molecular formula is C20H33N5O3. The number of hydrogen-bond acceptors (Lipinski definition) is 6. The molecule has 0 saturated carbocycles. The second kappa shape index (κ2) is 10.5. The normalized spacial score (nSPS) is 15.3. The van der Waals surface area contributed by atoms with Crippen LogP contribution in [-0.2, 0) is 11.3 Å². The highest BCUT2D eigenvalue weighted by atomic mass is 16.5. The van der Waals surface area contributed by atoms with Crippen LogP contribution in [0, 0.1) is 5.92 Å². The maximum Gasteiger partial charge on any atom is 0.327 e. The van der Waals surface area contributed by atoms with Gasteiger partial charge in [-0.15, -0.1) is 0 Å². The lowest BCUT2D eigenvalue weighted by molar-refractivity contribution is 0.0631. The van der Waals surface area contributed by atoms with Crippen LogP contribution in [0.25, 0.3) is 11.2 Å². The smallest absolute Gasteiger partial charge is 0.327 e. The van der Waals surface area contributed by atoms with E-state index in [0.717, 1.165) is 44.8 Å². The number of nitrogens with zero attached hydrogens (tertiary/aromatic N) is 3. The number of unbranched alkanes of at least 4 members (excludes halogenated alkanes) is 4. The van der Waals surface area contributed by atoms with E-state index in [2.05, 4.69) is 21.9 Å². The zero-order chi connectivity index (χ0) is 19.8. The van der Waals surface area contributed by atoms with Gasteiger partial charge in [-0.1, -0.05) is 39.0 Å². The minimum atomic E-state index is -0.191. The molecule has 0 bridgehead atoms. The van der Waals surface area contributed by atoms with Crippen LogP contribution in [0.2, 0.25) is 0 Å². The van der Waals surface area contributed by atoms with Crippen LogP contribution in [0.3, 0.4) is 0 Å². The summed E-state index contributed by atoms with van der Waals surface area (Å²) in [5.74, 6) is 1.08. The van der Waals surface area contributed by atoms with E-state index >= 15 is 0 Å². The van der Waals surface area contributed by atoms with Gasteiger partial charge in [0.1, 0.15) is 5.52 Å². The van der Waals surface area contributed by atoms with Gasteiger partial charge in [0.2, 0.25) is 0 Å². The molecule has 2 aromatic rings. The largest absolute Gasteiger partial charge is 0.463 e. The number of anilines is 1. The fraction of sp³-hybridized carbons (Fsp3) is 0.750. The van der Waals surface area contributed by atoms with Crippen LogP contribution in [-0.4, -0.2) is 39.3 Å². The van der Waals surface area contributed by atoms with Crippen molar-refractivity contribution >= 4 is 17.0 Å². The van der Waals surface area contributed by atoms with Crippen LogP contribution < -0.4 is 16.2 Å². The van der Waals surface area contributed by atoms with Gasteiger partial charge in [0.05, 0.1) is 6.61 Å². The van der Waals surface area contributed by atoms with Gasteiger partial charge < -0.3 is 20.2 Å². The Labute approximate surface area is 165 Å². The Morgan fingerprint density at radius 3 is 2.75 bits per heavy atom. The van der Waals surface area contributed by atoms with Crippen molar-refractivity contribution in [2.45, 2.75) is 71.3 Å². The fourth-order valence-electron chi connectivity index (χ4n) is 3.70. The number of imidazole rings is 1. The molecule has 156 valence electrons. The molecule has 0 unspecified atom stereocenters. The van der Waals surface area contributed by atoms with E-state index in [1.54, 1.807) is 4.57 Å². The second-order valence-electron chi connectivity index (χ2n) is 7.63. The summed E-state index contributed by atoms with van der Waals surface area (Å²) in [6, 6.07) is 0.239. The molecule has 1 saturated heterocycles. The summed E-state index contributed by atoms with van der Waals surface area (Å²) in [4.78, 5) is 23.7. The number of ether oxygens (including phenoxy) is 2. The van der Waals surface area contributed by atoms with Gasteiger partial charge in [-0.05, 0) is 31.6 Å². The van der Waals surface area contributed by atoms with Crippen molar-refractivity contribution in [2.24, 2.45) is 5.92 Å². The molecule has 0 aliphatic carbocycles. The van der Waals surface area contributed by atoms with Crippen LogP contribution >= 0.6 is 0 Å². The molecule has 28 heavy (non-hydrogen) atoms. The Balaban J connectivity index is 1.51. The summed E-state index contributed by atoms with van der Waals surface area (Å²) in [5, 5.41) is 0. The standard InChI is InChI=1S/C20H33N5O3/c1-2-3-12-28-19-23-17(21)16-18(24-19)25(20(26)22-16)11-7-5-4-6-8-15-9-13-27-14-10-15/h15H,2-14H2,1H3,(H,22,26)(H2,21,23,24). The van der Waals surface area contributed by atoms with Crippen molar-refractivity contribution in [1.82, 2.24) is 19.5 Å². The number of H-pyrrole nitrogens is 1. The average molecular weight is 392 g/mol. The molecule has 3 N–H and O–H groups in total. The number of aryl methyl sites for hydroxylation is 1. The van der Waals surface area contributed by atoms with Gasteiger partial charge >= 0.3 is 11.7 Å². The Morgan fingerprint density at radius 1 is 1.18 bits per heavy atom. The van der Waals surface area contributed by atoms with Gasteiger partial charge in [0.25, 0.3) is 0 Å². The Morgan fingerprint density at radius 2 is 1.96 bits per heavy atom. The zero-order valence-electron chi connectivity index (χ0n) is 16.9. The molecule has 0 aromatic carbocycles. The molecule has 8 nitrogen and oxygen atoms in total. The molecule has 0 atom stereocenters. The van der Waals surface area contributed by atoms with Crippen LogP contribution in [0.4, 0.5) is 5.82 Å². The lowest BCUT2D eigenvalue weighted by atomic mass is 9.93. The first-order valence-electron chi connectivity index (χ1n) is 10.7. The van der Waals surface area contributed by atoms with Gasteiger partial charge in [-0.2, -0.15) is 9.97 Å². The molecule has 8 heteroatoms. The van der Waals surface area contributed by atoms with Gasteiger partial charge in [0, 0.05) is 19.8 Å². The number of rotatable bonds is 11. The Kier molecular flexibility index (Phi) is 7.71. The van der Waals surface area contributed by atoms with Gasteiger partial charge in [-0.3, -0.25) is 4.57 Å². The third kappa shape index (κ3) is 5.47. The molecule has 3 heterocycles. The summed E-state index contributed by atoms with van der Waals surface area (Å²) < 4.78 is 12.6.